The SMILES string of the molecule is Cl.O=C(C1CC12CCNCC2)N(Cc1cccs1)c1ccc2c(c1)OCCO2. The maximum absolute atomic E-state index is 13.5. The van der Waals surface area contributed by atoms with Crippen LogP contribution in [0.25, 0.3) is 0 Å². The summed E-state index contributed by atoms with van der Waals surface area (Å²) in [5, 5.41) is 5.48. The molecule has 1 spiro atoms. The van der Waals surface area contributed by atoms with E-state index in [9.17, 15) is 4.79 Å². The Labute approximate surface area is 175 Å². The Balaban J connectivity index is 0.00000192. The molecule has 2 aromatic rings. The van der Waals surface area contributed by atoms with E-state index in [2.05, 4.69) is 16.8 Å². The van der Waals surface area contributed by atoms with Crippen LogP contribution in [0.3, 0.4) is 0 Å². The van der Waals surface area contributed by atoms with Crippen LogP contribution in [-0.2, 0) is 11.3 Å². The molecule has 3 heterocycles. The van der Waals surface area contributed by atoms with Crippen molar-refractivity contribution in [1.82, 2.24) is 5.32 Å². The lowest BCUT2D eigenvalue weighted by Crippen LogP contribution is -2.36. The first-order chi connectivity index (χ1) is 13.3. The Morgan fingerprint density at radius 1 is 1.18 bits per heavy atom. The van der Waals surface area contributed by atoms with Crippen molar-refractivity contribution >= 4 is 35.3 Å². The van der Waals surface area contributed by atoms with Gasteiger partial charge in [-0.15, -0.1) is 23.7 Å². The molecule has 1 aliphatic carbocycles. The lowest BCUT2D eigenvalue weighted by molar-refractivity contribution is -0.120. The van der Waals surface area contributed by atoms with Crippen molar-refractivity contribution in [2.45, 2.75) is 25.8 Å². The lowest BCUT2D eigenvalue weighted by Gasteiger charge is -2.28. The number of amides is 1. The normalized spacial score (nSPS) is 21.6. The second kappa shape index (κ2) is 7.93. The van der Waals surface area contributed by atoms with E-state index < -0.39 is 0 Å². The average Bonchev–Trinajstić information content (AvgIpc) is 3.14. The Bertz CT molecular complexity index is 836. The molecule has 1 aromatic carbocycles. The average molecular weight is 421 g/mol. The summed E-state index contributed by atoms with van der Waals surface area (Å²) in [4.78, 5) is 16.7. The number of anilines is 1. The summed E-state index contributed by atoms with van der Waals surface area (Å²) < 4.78 is 11.4. The summed E-state index contributed by atoms with van der Waals surface area (Å²) >= 11 is 1.69. The highest BCUT2D eigenvalue weighted by Crippen LogP contribution is 2.59. The predicted molar refractivity (Wildman–Crippen MR) is 113 cm³/mol. The monoisotopic (exact) mass is 420 g/mol. The number of fused-ring (bicyclic) bond motifs is 1. The molecule has 1 unspecified atom stereocenters. The molecule has 0 bridgehead atoms. The first kappa shape index (κ1) is 19.6. The molecule has 2 fully saturated rings. The number of thiophene rings is 1. The van der Waals surface area contributed by atoms with Gasteiger partial charge in [0.25, 0.3) is 0 Å². The Hall–Kier alpha value is -1.76. The van der Waals surface area contributed by atoms with Crippen LogP contribution in [0, 0.1) is 11.3 Å². The summed E-state index contributed by atoms with van der Waals surface area (Å²) in [6.45, 7) is 3.79. The minimum absolute atomic E-state index is 0. The fourth-order valence-electron chi connectivity index (χ4n) is 4.42. The van der Waals surface area contributed by atoms with Gasteiger partial charge in [-0.2, -0.15) is 0 Å². The number of ether oxygens (including phenoxy) is 2. The summed E-state index contributed by atoms with van der Waals surface area (Å²) in [6, 6.07) is 9.99. The van der Waals surface area contributed by atoms with Gasteiger partial charge in [0, 0.05) is 22.5 Å². The van der Waals surface area contributed by atoms with Crippen molar-refractivity contribution in [2.24, 2.45) is 11.3 Å². The van der Waals surface area contributed by atoms with Gasteiger partial charge in [-0.25, -0.2) is 0 Å². The van der Waals surface area contributed by atoms with Crippen molar-refractivity contribution < 1.29 is 14.3 Å². The van der Waals surface area contributed by atoms with E-state index in [1.165, 1.54) is 4.88 Å². The zero-order valence-electron chi connectivity index (χ0n) is 15.7. The topological polar surface area (TPSA) is 50.8 Å². The molecule has 1 saturated heterocycles. The minimum Gasteiger partial charge on any atom is -0.486 e. The molecule has 1 atom stereocenters. The van der Waals surface area contributed by atoms with E-state index in [1.54, 1.807) is 11.3 Å². The molecule has 0 radical (unpaired) electrons. The second-order valence-electron chi connectivity index (χ2n) is 7.70. The molecule has 1 aromatic heterocycles. The molecular weight excluding hydrogens is 396 g/mol. The zero-order valence-corrected chi connectivity index (χ0v) is 17.3. The van der Waals surface area contributed by atoms with Gasteiger partial charge in [0.15, 0.2) is 11.5 Å². The van der Waals surface area contributed by atoms with Gasteiger partial charge in [0.05, 0.1) is 6.54 Å². The number of carbonyl (C=O) groups excluding carboxylic acids is 1. The smallest absolute Gasteiger partial charge is 0.231 e. The number of carbonyl (C=O) groups is 1. The molecule has 1 saturated carbocycles. The van der Waals surface area contributed by atoms with E-state index in [0.717, 1.165) is 49.5 Å². The molecule has 150 valence electrons. The van der Waals surface area contributed by atoms with E-state index in [1.807, 2.05) is 29.2 Å². The summed E-state index contributed by atoms with van der Waals surface area (Å²) in [7, 11) is 0. The molecule has 3 aliphatic rings. The molecule has 5 rings (SSSR count). The van der Waals surface area contributed by atoms with Crippen molar-refractivity contribution in [1.29, 1.82) is 0 Å². The number of rotatable bonds is 4. The highest BCUT2D eigenvalue weighted by atomic mass is 35.5. The fraction of sp³-hybridized carbons (Fsp3) is 0.476. The van der Waals surface area contributed by atoms with Gasteiger partial charge < -0.3 is 19.7 Å². The first-order valence-corrected chi connectivity index (χ1v) is 10.6. The third-order valence-electron chi connectivity index (χ3n) is 6.08. The molecule has 7 heteroatoms. The van der Waals surface area contributed by atoms with Crippen LogP contribution in [0.4, 0.5) is 5.69 Å². The van der Waals surface area contributed by atoms with Crippen LogP contribution < -0.4 is 19.7 Å². The molecule has 1 N–H and O–H groups in total. The highest BCUT2D eigenvalue weighted by molar-refractivity contribution is 7.09. The molecule has 2 aliphatic heterocycles. The van der Waals surface area contributed by atoms with Gasteiger partial charge in [-0.1, -0.05) is 6.07 Å². The first-order valence-electron chi connectivity index (χ1n) is 9.69. The number of benzene rings is 1. The molecular formula is C21H25ClN2O3S. The van der Waals surface area contributed by atoms with Crippen molar-refractivity contribution in [3.8, 4) is 11.5 Å². The number of halogens is 1. The van der Waals surface area contributed by atoms with Gasteiger partial charge >= 0.3 is 0 Å². The second-order valence-corrected chi connectivity index (χ2v) is 8.73. The van der Waals surface area contributed by atoms with E-state index >= 15 is 0 Å². The highest BCUT2D eigenvalue weighted by Gasteiger charge is 2.58. The largest absolute Gasteiger partial charge is 0.486 e. The Morgan fingerprint density at radius 2 is 1.96 bits per heavy atom. The van der Waals surface area contributed by atoms with E-state index in [4.69, 9.17) is 9.47 Å². The van der Waals surface area contributed by atoms with Crippen LogP contribution in [-0.4, -0.2) is 32.2 Å². The number of hydrogen-bond donors (Lipinski definition) is 1. The van der Waals surface area contributed by atoms with E-state index in [-0.39, 0.29) is 29.6 Å². The van der Waals surface area contributed by atoms with Crippen LogP contribution >= 0.6 is 23.7 Å². The van der Waals surface area contributed by atoms with Crippen molar-refractivity contribution in [3.05, 3.63) is 40.6 Å². The number of hydrogen-bond acceptors (Lipinski definition) is 5. The quantitative estimate of drug-likeness (QED) is 0.815. The van der Waals surface area contributed by atoms with Gasteiger partial charge in [-0.3, -0.25) is 4.79 Å². The van der Waals surface area contributed by atoms with Crippen molar-refractivity contribution in [3.63, 3.8) is 0 Å². The van der Waals surface area contributed by atoms with Crippen LogP contribution in [0.15, 0.2) is 35.7 Å². The molecule has 1 amide bonds. The Morgan fingerprint density at radius 3 is 2.71 bits per heavy atom. The van der Waals surface area contributed by atoms with Crippen molar-refractivity contribution in [2.75, 3.05) is 31.2 Å². The summed E-state index contributed by atoms with van der Waals surface area (Å²) in [6.07, 6.45) is 3.24. The van der Waals surface area contributed by atoms with Crippen LogP contribution in [0.1, 0.15) is 24.1 Å². The van der Waals surface area contributed by atoms with E-state index in [0.29, 0.717) is 19.8 Å². The summed E-state index contributed by atoms with van der Waals surface area (Å²) in [5.74, 6) is 1.89. The molecule has 28 heavy (non-hydrogen) atoms. The van der Waals surface area contributed by atoms with Gasteiger partial charge in [0.2, 0.25) is 5.91 Å². The summed E-state index contributed by atoms with van der Waals surface area (Å²) in [5.41, 5.74) is 1.12. The third-order valence-corrected chi connectivity index (χ3v) is 6.95. The van der Waals surface area contributed by atoms with Gasteiger partial charge in [0.1, 0.15) is 13.2 Å². The number of nitrogens with zero attached hydrogens (tertiary/aromatic N) is 1. The number of piperidine rings is 1. The lowest BCUT2D eigenvalue weighted by atomic mass is 9.91. The van der Waals surface area contributed by atoms with Crippen LogP contribution in [0.2, 0.25) is 0 Å². The maximum Gasteiger partial charge on any atom is 0.231 e. The minimum atomic E-state index is 0. The standard InChI is InChI=1S/C21H24N2O3S.ClH/c24-20(17-13-21(17)5-7-22-8-6-21)23(14-16-2-1-11-27-16)15-3-4-18-19(12-15)26-10-9-25-18;/h1-4,11-12,17,22H,5-10,13-14H2;1H. The predicted octanol–water partition coefficient (Wildman–Crippen LogP) is 3.86. The number of nitrogens with one attached hydrogen (secondary N) is 1. The Kier molecular flexibility index (Phi) is 5.54. The molecule has 5 nitrogen and oxygen atoms in total. The fourth-order valence-corrected chi connectivity index (χ4v) is 5.11. The van der Waals surface area contributed by atoms with Gasteiger partial charge in [-0.05, 0) is 61.3 Å². The maximum atomic E-state index is 13.5. The van der Waals surface area contributed by atoms with Crippen LogP contribution in [0.5, 0.6) is 11.5 Å². The zero-order chi connectivity index (χ0) is 18.3. The third kappa shape index (κ3) is 3.61.